The van der Waals surface area contributed by atoms with Crippen molar-refractivity contribution >= 4 is 44.9 Å². The molecule has 2 rings (SSSR count). The average molecular weight is 371 g/mol. The third-order valence-electron chi connectivity index (χ3n) is 2.49. The zero-order chi connectivity index (χ0) is 15.4. The summed E-state index contributed by atoms with van der Waals surface area (Å²) in [5.74, 6) is -1.63. The van der Waals surface area contributed by atoms with Gasteiger partial charge in [-0.25, -0.2) is 8.78 Å². The molecule has 0 aliphatic carbocycles. The first-order valence-electron chi connectivity index (χ1n) is 5.78. The van der Waals surface area contributed by atoms with Crippen molar-refractivity contribution in [1.82, 2.24) is 5.32 Å². The van der Waals surface area contributed by atoms with E-state index >= 15 is 0 Å². The largest absolute Gasteiger partial charge is 0.330 e. The van der Waals surface area contributed by atoms with E-state index in [1.165, 1.54) is 30.3 Å². The highest BCUT2D eigenvalue weighted by Gasteiger charge is 2.10. The Morgan fingerprint density at radius 3 is 2.57 bits per heavy atom. The molecule has 0 aliphatic rings. The quantitative estimate of drug-likeness (QED) is 0.788. The van der Waals surface area contributed by atoms with Crippen molar-refractivity contribution in [2.75, 3.05) is 5.32 Å². The Kier molecular flexibility index (Phi) is 4.98. The maximum absolute atomic E-state index is 13.6. The molecule has 0 aromatic heterocycles. The van der Waals surface area contributed by atoms with Crippen LogP contribution >= 0.6 is 28.1 Å². The van der Waals surface area contributed by atoms with Crippen LogP contribution in [0, 0.1) is 11.6 Å². The maximum atomic E-state index is 13.6. The van der Waals surface area contributed by atoms with E-state index in [4.69, 9.17) is 12.2 Å². The number of hydrogen-bond acceptors (Lipinski definition) is 2. The van der Waals surface area contributed by atoms with E-state index in [0.29, 0.717) is 4.47 Å². The predicted octanol–water partition coefficient (Wildman–Crippen LogP) is 3.85. The molecule has 0 unspecified atom stereocenters. The Hall–Kier alpha value is -1.86. The number of carbonyl (C=O) groups excluding carboxylic acids is 1. The minimum atomic E-state index is -0.579. The predicted molar refractivity (Wildman–Crippen MR) is 84.2 cm³/mol. The van der Waals surface area contributed by atoms with Gasteiger partial charge in [-0.1, -0.05) is 22.0 Å². The number of nitrogens with one attached hydrogen (secondary N) is 2. The van der Waals surface area contributed by atoms with Gasteiger partial charge in [-0.05, 0) is 48.6 Å². The molecule has 0 atom stereocenters. The van der Waals surface area contributed by atoms with Gasteiger partial charge in [0, 0.05) is 10.0 Å². The number of thiocarbonyl (C=S) groups is 1. The van der Waals surface area contributed by atoms with E-state index in [9.17, 15) is 13.6 Å². The van der Waals surface area contributed by atoms with Crippen LogP contribution in [-0.4, -0.2) is 11.0 Å². The lowest BCUT2D eigenvalue weighted by Gasteiger charge is -2.10. The van der Waals surface area contributed by atoms with E-state index < -0.39 is 17.5 Å². The number of benzene rings is 2. The monoisotopic (exact) mass is 370 g/mol. The topological polar surface area (TPSA) is 41.1 Å². The van der Waals surface area contributed by atoms with Crippen LogP contribution < -0.4 is 10.6 Å². The maximum Gasteiger partial charge on any atom is 0.257 e. The molecule has 1 amide bonds. The van der Waals surface area contributed by atoms with Crippen LogP contribution in [0.3, 0.4) is 0 Å². The molecule has 0 bridgehead atoms. The van der Waals surface area contributed by atoms with Crippen molar-refractivity contribution in [2.24, 2.45) is 0 Å². The van der Waals surface area contributed by atoms with E-state index in [1.54, 1.807) is 6.07 Å². The Labute approximate surface area is 133 Å². The van der Waals surface area contributed by atoms with Crippen LogP contribution in [0.25, 0.3) is 0 Å². The number of carbonyl (C=O) groups is 1. The van der Waals surface area contributed by atoms with Gasteiger partial charge in [-0.3, -0.25) is 10.1 Å². The number of hydrogen-bond donors (Lipinski definition) is 2. The third-order valence-corrected chi connectivity index (χ3v) is 3.19. The fraction of sp³-hybridized carbons (Fsp3) is 0. The molecule has 0 fully saturated rings. The average Bonchev–Trinajstić information content (AvgIpc) is 2.42. The zero-order valence-electron chi connectivity index (χ0n) is 10.5. The fourth-order valence-corrected chi connectivity index (χ4v) is 2.09. The molecule has 2 aromatic rings. The Morgan fingerprint density at radius 1 is 1.14 bits per heavy atom. The van der Waals surface area contributed by atoms with Gasteiger partial charge in [-0.15, -0.1) is 0 Å². The molecule has 0 saturated heterocycles. The Morgan fingerprint density at radius 2 is 1.90 bits per heavy atom. The number of halogens is 3. The standard InChI is InChI=1S/C14H9BrF2N2OS/c15-9-4-5-12(11(17)7-9)18-14(21)19-13(20)8-2-1-3-10(16)6-8/h1-7H,(H2,18,19,20,21). The summed E-state index contributed by atoms with van der Waals surface area (Å²) < 4.78 is 27.2. The smallest absolute Gasteiger partial charge is 0.257 e. The van der Waals surface area contributed by atoms with Crippen LogP contribution in [-0.2, 0) is 0 Å². The number of anilines is 1. The minimum absolute atomic E-state index is 0.0783. The molecule has 108 valence electrons. The number of amides is 1. The Bertz CT molecular complexity index is 709. The fourth-order valence-electron chi connectivity index (χ4n) is 1.55. The van der Waals surface area contributed by atoms with E-state index in [1.807, 2.05) is 0 Å². The van der Waals surface area contributed by atoms with Crippen molar-refractivity contribution in [3.05, 3.63) is 64.1 Å². The molecule has 2 N–H and O–H groups in total. The van der Waals surface area contributed by atoms with Gasteiger partial charge < -0.3 is 5.32 Å². The Balaban J connectivity index is 2.03. The molecule has 0 spiro atoms. The van der Waals surface area contributed by atoms with Crippen LogP contribution in [0.1, 0.15) is 10.4 Å². The first kappa shape index (κ1) is 15.5. The zero-order valence-corrected chi connectivity index (χ0v) is 12.9. The second-order valence-corrected chi connectivity index (χ2v) is 5.37. The molecular weight excluding hydrogens is 362 g/mol. The highest BCUT2D eigenvalue weighted by molar-refractivity contribution is 9.10. The minimum Gasteiger partial charge on any atom is -0.330 e. The summed E-state index contributed by atoms with van der Waals surface area (Å²) in [6.07, 6.45) is 0. The first-order valence-corrected chi connectivity index (χ1v) is 6.99. The summed E-state index contributed by atoms with van der Waals surface area (Å²) >= 11 is 8.06. The van der Waals surface area contributed by atoms with Gasteiger partial charge in [0.05, 0.1) is 5.69 Å². The number of rotatable bonds is 2. The van der Waals surface area contributed by atoms with Crippen LogP contribution in [0.5, 0.6) is 0 Å². The highest BCUT2D eigenvalue weighted by Crippen LogP contribution is 2.19. The summed E-state index contributed by atoms with van der Waals surface area (Å²) in [7, 11) is 0. The van der Waals surface area contributed by atoms with Crippen molar-refractivity contribution in [1.29, 1.82) is 0 Å². The van der Waals surface area contributed by atoms with Crippen LogP contribution in [0.4, 0.5) is 14.5 Å². The molecule has 0 radical (unpaired) electrons. The van der Waals surface area contributed by atoms with Gasteiger partial charge >= 0.3 is 0 Å². The van der Waals surface area contributed by atoms with Gasteiger partial charge in [0.1, 0.15) is 11.6 Å². The molecular formula is C14H9BrF2N2OS. The van der Waals surface area contributed by atoms with Gasteiger partial charge in [-0.2, -0.15) is 0 Å². The van der Waals surface area contributed by atoms with Crippen LogP contribution in [0.2, 0.25) is 0 Å². The molecule has 0 heterocycles. The van der Waals surface area contributed by atoms with Crippen molar-refractivity contribution in [3.8, 4) is 0 Å². The highest BCUT2D eigenvalue weighted by atomic mass is 79.9. The summed E-state index contributed by atoms with van der Waals surface area (Å²) in [5, 5.41) is 4.83. The first-order chi connectivity index (χ1) is 9.95. The second-order valence-electron chi connectivity index (χ2n) is 4.04. The lowest BCUT2D eigenvalue weighted by Crippen LogP contribution is -2.34. The summed E-state index contributed by atoms with van der Waals surface area (Å²) in [6, 6.07) is 9.53. The van der Waals surface area contributed by atoms with E-state index in [0.717, 1.165) is 6.07 Å². The van der Waals surface area contributed by atoms with E-state index in [2.05, 4.69) is 26.6 Å². The molecule has 0 aliphatic heterocycles. The van der Waals surface area contributed by atoms with Crippen molar-refractivity contribution < 1.29 is 13.6 Å². The second kappa shape index (κ2) is 6.73. The van der Waals surface area contributed by atoms with Crippen molar-refractivity contribution in [2.45, 2.75) is 0 Å². The van der Waals surface area contributed by atoms with Gasteiger partial charge in [0.2, 0.25) is 0 Å². The normalized spacial score (nSPS) is 10.0. The van der Waals surface area contributed by atoms with Crippen molar-refractivity contribution in [3.63, 3.8) is 0 Å². The molecule has 7 heteroatoms. The molecule has 3 nitrogen and oxygen atoms in total. The third kappa shape index (κ3) is 4.30. The summed E-state index contributed by atoms with van der Waals surface area (Å²) in [5.41, 5.74) is 0.248. The SMILES string of the molecule is O=C(NC(=S)Nc1ccc(Br)cc1F)c1cccc(F)c1. The summed E-state index contributed by atoms with van der Waals surface area (Å²) in [6.45, 7) is 0. The van der Waals surface area contributed by atoms with E-state index in [-0.39, 0.29) is 16.4 Å². The molecule has 2 aromatic carbocycles. The van der Waals surface area contributed by atoms with Crippen LogP contribution in [0.15, 0.2) is 46.9 Å². The van der Waals surface area contributed by atoms with Gasteiger partial charge in [0.15, 0.2) is 5.11 Å². The van der Waals surface area contributed by atoms with Gasteiger partial charge in [0.25, 0.3) is 5.91 Å². The molecule has 0 saturated carbocycles. The lowest BCUT2D eigenvalue weighted by atomic mass is 10.2. The lowest BCUT2D eigenvalue weighted by molar-refractivity contribution is 0.0977. The molecule has 21 heavy (non-hydrogen) atoms. The summed E-state index contributed by atoms with van der Waals surface area (Å²) in [4.78, 5) is 11.8.